The molecule has 0 bridgehead atoms. The highest BCUT2D eigenvalue weighted by Crippen LogP contribution is 2.23. The fourth-order valence-electron chi connectivity index (χ4n) is 4.42. The van der Waals surface area contributed by atoms with E-state index in [4.69, 9.17) is 4.74 Å². The van der Waals surface area contributed by atoms with Crippen LogP contribution in [0, 0.1) is 0 Å². The van der Waals surface area contributed by atoms with Crippen LogP contribution < -0.4 is 20.3 Å². The summed E-state index contributed by atoms with van der Waals surface area (Å²) in [5.74, 6) is 0.504. The third-order valence-corrected chi connectivity index (χ3v) is 6.27. The largest absolute Gasteiger partial charge is 0.497 e. The first-order chi connectivity index (χ1) is 15.5. The molecule has 7 nitrogen and oxygen atoms in total. The number of methoxy groups -OCH3 is 1. The highest BCUT2D eigenvalue weighted by molar-refractivity contribution is 5.97. The van der Waals surface area contributed by atoms with Crippen LogP contribution in [0.25, 0.3) is 0 Å². The number of hydrogen-bond donors (Lipinski definition) is 2. The second-order valence-corrected chi connectivity index (χ2v) is 8.37. The van der Waals surface area contributed by atoms with Gasteiger partial charge in [-0.3, -0.25) is 14.4 Å². The minimum atomic E-state index is -0.169. The van der Waals surface area contributed by atoms with Crippen molar-refractivity contribution in [1.82, 2.24) is 10.6 Å². The van der Waals surface area contributed by atoms with E-state index in [1.807, 2.05) is 12.1 Å². The molecule has 7 heteroatoms. The standard InChI is InChI=1S/C25H29N3O4/c1-32-20-14-10-18(11-15-20)25(31)27-22-6-4-5-21(22)26-24(30)17-8-12-19(13-9-17)28-16-3-2-7-23(28)29/h8-15,21-22H,2-7,16H2,1H3,(H,26,30)(H,27,31). The van der Waals surface area contributed by atoms with Crippen LogP contribution in [0.4, 0.5) is 5.69 Å². The van der Waals surface area contributed by atoms with Gasteiger partial charge in [0.1, 0.15) is 5.75 Å². The summed E-state index contributed by atoms with van der Waals surface area (Å²) in [5, 5.41) is 6.13. The van der Waals surface area contributed by atoms with E-state index in [9.17, 15) is 14.4 Å². The number of carbonyl (C=O) groups is 3. The first-order valence-corrected chi connectivity index (χ1v) is 11.2. The van der Waals surface area contributed by atoms with Crippen molar-refractivity contribution < 1.29 is 19.1 Å². The quantitative estimate of drug-likeness (QED) is 0.729. The Morgan fingerprint density at radius 1 is 0.844 bits per heavy atom. The lowest BCUT2D eigenvalue weighted by Gasteiger charge is -2.27. The molecule has 168 valence electrons. The Labute approximate surface area is 188 Å². The number of nitrogens with zero attached hydrogens (tertiary/aromatic N) is 1. The van der Waals surface area contributed by atoms with Crippen molar-refractivity contribution in [2.45, 2.75) is 50.6 Å². The van der Waals surface area contributed by atoms with E-state index in [1.54, 1.807) is 48.4 Å². The summed E-state index contributed by atoms with van der Waals surface area (Å²) in [6.45, 7) is 0.724. The molecule has 2 aliphatic rings. The normalized spacial score (nSPS) is 20.7. The summed E-state index contributed by atoms with van der Waals surface area (Å²) >= 11 is 0. The molecule has 4 rings (SSSR count). The van der Waals surface area contributed by atoms with Crippen molar-refractivity contribution in [2.24, 2.45) is 0 Å². The maximum absolute atomic E-state index is 12.8. The molecule has 2 aromatic carbocycles. The Kier molecular flexibility index (Phi) is 6.73. The molecule has 1 heterocycles. The summed E-state index contributed by atoms with van der Waals surface area (Å²) in [7, 11) is 1.58. The molecule has 2 fully saturated rings. The third-order valence-electron chi connectivity index (χ3n) is 6.27. The van der Waals surface area contributed by atoms with Gasteiger partial charge in [0.05, 0.1) is 7.11 Å². The second-order valence-electron chi connectivity index (χ2n) is 8.37. The van der Waals surface area contributed by atoms with Gasteiger partial charge in [-0.1, -0.05) is 0 Å². The molecule has 3 amide bonds. The first kappa shape index (κ1) is 21.9. The summed E-state index contributed by atoms with van der Waals surface area (Å²) in [5.41, 5.74) is 1.94. The third kappa shape index (κ3) is 4.93. The van der Waals surface area contributed by atoms with E-state index >= 15 is 0 Å². The van der Waals surface area contributed by atoms with E-state index < -0.39 is 0 Å². The molecule has 1 aliphatic carbocycles. The lowest BCUT2D eigenvalue weighted by molar-refractivity contribution is -0.119. The van der Waals surface area contributed by atoms with Gasteiger partial charge in [-0.15, -0.1) is 0 Å². The molecule has 0 radical (unpaired) electrons. The van der Waals surface area contributed by atoms with Crippen LogP contribution in [-0.2, 0) is 4.79 Å². The number of anilines is 1. The van der Waals surface area contributed by atoms with Gasteiger partial charge >= 0.3 is 0 Å². The fourth-order valence-corrected chi connectivity index (χ4v) is 4.42. The minimum Gasteiger partial charge on any atom is -0.497 e. The van der Waals surface area contributed by atoms with Crippen molar-refractivity contribution >= 4 is 23.4 Å². The Bertz CT molecular complexity index is 972. The number of ether oxygens (including phenoxy) is 1. The predicted molar refractivity (Wildman–Crippen MR) is 122 cm³/mol. The molecule has 32 heavy (non-hydrogen) atoms. The number of hydrogen-bond acceptors (Lipinski definition) is 4. The van der Waals surface area contributed by atoms with Crippen LogP contribution >= 0.6 is 0 Å². The number of piperidine rings is 1. The lowest BCUT2D eigenvalue weighted by Crippen LogP contribution is -2.48. The van der Waals surface area contributed by atoms with Crippen molar-refractivity contribution in [1.29, 1.82) is 0 Å². The second kappa shape index (κ2) is 9.85. The highest BCUT2D eigenvalue weighted by Gasteiger charge is 2.30. The number of benzene rings is 2. The van der Waals surface area contributed by atoms with E-state index in [2.05, 4.69) is 10.6 Å². The minimum absolute atomic E-state index is 0.112. The van der Waals surface area contributed by atoms with Crippen molar-refractivity contribution in [3.05, 3.63) is 59.7 Å². The van der Waals surface area contributed by atoms with Gasteiger partial charge in [-0.25, -0.2) is 0 Å². The average Bonchev–Trinajstić information content (AvgIpc) is 3.25. The molecular weight excluding hydrogens is 406 g/mol. The van der Waals surface area contributed by atoms with Crippen LogP contribution in [0.1, 0.15) is 59.2 Å². The maximum Gasteiger partial charge on any atom is 0.251 e. The van der Waals surface area contributed by atoms with E-state index in [1.165, 1.54) is 0 Å². The first-order valence-electron chi connectivity index (χ1n) is 11.2. The molecule has 0 spiro atoms. The number of nitrogens with one attached hydrogen (secondary N) is 2. The molecular formula is C25H29N3O4. The molecule has 1 saturated carbocycles. The summed E-state index contributed by atoms with van der Waals surface area (Å²) in [6, 6.07) is 13.9. The zero-order valence-electron chi connectivity index (χ0n) is 18.3. The van der Waals surface area contributed by atoms with Crippen LogP contribution in [0.2, 0.25) is 0 Å². The zero-order valence-corrected chi connectivity index (χ0v) is 18.3. The van der Waals surface area contributed by atoms with Gasteiger partial charge in [0, 0.05) is 41.9 Å². The number of rotatable bonds is 6. The number of carbonyl (C=O) groups excluding carboxylic acids is 3. The Balaban J connectivity index is 1.35. The van der Waals surface area contributed by atoms with Gasteiger partial charge in [0.25, 0.3) is 11.8 Å². The van der Waals surface area contributed by atoms with E-state index in [0.717, 1.165) is 44.3 Å². The van der Waals surface area contributed by atoms with E-state index in [-0.39, 0.29) is 29.8 Å². The van der Waals surface area contributed by atoms with Crippen LogP contribution in [-0.4, -0.2) is 43.5 Å². The van der Waals surface area contributed by atoms with Crippen molar-refractivity contribution in [3.63, 3.8) is 0 Å². The van der Waals surface area contributed by atoms with Crippen LogP contribution in [0.5, 0.6) is 5.75 Å². The molecule has 0 aromatic heterocycles. The zero-order chi connectivity index (χ0) is 22.5. The monoisotopic (exact) mass is 435 g/mol. The smallest absolute Gasteiger partial charge is 0.251 e. The predicted octanol–water partition coefficient (Wildman–Crippen LogP) is 3.29. The van der Waals surface area contributed by atoms with Gasteiger partial charge in [-0.2, -0.15) is 0 Å². The molecule has 2 N–H and O–H groups in total. The molecule has 2 atom stereocenters. The van der Waals surface area contributed by atoms with Crippen molar-refractivity contribution in [3.8, 4) is 5.75 Å². The van der Waals surface area contributed by atoms with Gasteiger partial charge in [0.2, 0.25) is 5.91 Å². The molecule has 1 aliphatic heterocycles. The fraction of sp³-hybridized carbons (Fsp3) is 0.400. The molecule has 2 unspecified atom stereocenters. The Hall–Kier alpha value is -3.35. The van der Waals surface area contributed by atoms with Gasteiger partial charge in [-0.05, 0) is 80.6 Å². The molecule has 2 aromatic rings. The lowest BCUT2D eigenvalue weighted by atomic mass is 10.1. The number of amides is 3. The topological polar surface area (TPSA) is 87.7 Å². The highest BCUT2D eigenvalue weighted by atomic mass is 16.5. The Morgan fingerprint density at radius 3 is 1.94 bits per heavy atom. The molecule has 1 saturated heterocycles. The van der Waals surface area contributed by atoms with Gasteiger partial charge in [0.15, 0.2) is 0 Å². The summed E-state index contributed by atoms with van der Waals surface area (Å²) in [4.78, 5) is 39.3. The van der Waals surface area contributed by atoms with E-state index in [0.29, 0.717) is 23.3 Å². The van der Waals surface area contributed by atoms with Crippen molar-refractivity contribution in [2.75, 3.05) is 18.6 Å². The van der Waals surface area contributed by atoms with Crippen LogP contribution in [0.15, 0.2) is 48.5 Å². The van der Waals surface area contributed by atoms with Crippen LogP contribution in [0.3, 0.4) is 0 Å². The SMILES string of the molecule is COc1ccc(C(=O)NC2CCCC2NC(=O)c2ccc(N3CCCCC3=O)cc2)cc1. The average molecular weight is 436 g/mol. The van der Waals surface area contributed by atoms with Gasteiger partial charge < -0.3 is 20.3 Å². The maximum atomic E-state index is 12.8. The summed E-state index contributed by atoms with van der Waals surface area (Å²) in [6.07, 6.45) is 5.09. The summed E-state index contributed by atoms with van der Waals surface area (Å²) < 4.78 is 5.13. The Morgan fingerprint density at radius 2 is 1.41 bits per heavy atom.